The molecule has 0 amide bonds. The molecule has 2 aromatic carbocycles. The Morgan fingerprint density at radius 3 is 2.88 bits per heavy atom. The fourth-order valence-electron chi connectivity index (χ4n) is 5.11. The van der Waals surface area contributed by atoms with Gasteiger partial charge in [0.2, 0.25) is 0 Å². The fraction of sp³-hybridized carbons (Fsp3) is 0.357. The van der Waals surface area contributed by atoms with Crippen molar-refractivity contribution < 1.29 is 0 Å². The molecule has 6 nitrogen and oxygen atoms in total. The van der Waals surface area contributed by atoms with Crippen LogP contribution in [-0.4, -0.2) is 26.8 Å². The van der Waals surface area contributed by atoms with Gasteiger partial charge in [-0.1, -0.05) is 19.1 Å². The monoisotopic (exact) mass is 455 g/mol. The first-order chi connectivity index (χ1) is 16.6. The van der Waals surface area contributed by atoms with Crippen molar-refractivity contribution in [2.45, 2.75) is 64.6 Å². The Bertz CT molecular complexity index is 1340. The number of hydrogen-bond acceptors (Lipinski definition) is 4. The van der Waals surface area contributed by atoms with Crippen LogP contribution in [0.1, 0.15) is 49.3 Å². The lowest BCUT2D eigenvalue weighted by molar-refractivity contribution is 0.350. The van der Waals surface area contributed by atoms with Crippen LogP contribution in [0.4, 0.5) is 5.69 Å². The molecule has 1 fully saturated rings. The van der Waals surface area contributed by atoms with E-state index in [1.807, 2.05) is 31.5 Å². The number of rotatable bonds is 7. The minimum atomic E-state index is 0.0688. The molecule has 176 valence electrons. The van der Waals surface area contributed by atoms with Crippen LogP contribution in [0.25, 0.3) is 16.6 Å². The number of hydrogen-bond donors (Lipinski definition) is 3. The van der Waals surface area contributed by atoms with Gasteiger partial charge in [0.05, 0.1) is 11.7 Å². The Labute approximate surface area is 200 Å². The Morgan fingerprint density at radius 2 is 2.00 bits per heavy atom. The second-order valence-electron chi connectivity index (χ2n) is 9.42. The zero-order valence-electron chi connectivity index (χ0n) is 20.0. The van der Waals surface area contributed by atoms with E-state index in [9.17, 15) is 4.79 Å². The summed E-state index contributed by atoms with van der Waals surface area (Å²) in [6.45, 7) is 4.80. The average molecular weight is 456 g/mol. The van der Waals surface area contributed by atoms with E-state index in [2.05, 4.69) is 64.2 Å². The zero-order valence-corrected chi connectivity index (χ0v) is 20.0. The van der Waals surface area contributed by atoms with Crippen molar-refractivity contribution in [1.29, 1.82) is 0 Å². The zero-order chi connectivity index (χ0) is 23.5. The molecule has 0 bridgehead atoms. The highest BCUT2D eigenvalue weighted by Gasteiger charge is 2.21. The topological polar surface area (TPSA) is 74.7 Å². The molecule has 0 saturated heterocycles. The predicted octanol–water partition coefficient (Wildman–Crippen LogP) is 5.10. The summed E-state index contributed by atoms with van der Waals surface area (Å²) in [5, 5.41) is 15.7. The maximum Gasteiger partial charge on any atom is 0.258 e. The smallest absolute Gasteiger partial charge is 0.258 e. The van der Waals surface area contributed by atoms with Gasteiger partial charge in [-0.3, -0.25) is 14.5 Å². The summed E-state index contributed by atoms with van der Waals surface area (Å²) in [5.74, 6) is 0. The maximum absolute atomic E-state index is 12.8. The summed E-state index contributed by atoms with van der Waals surface area (Å²) in [4.78, 5) is 12.8. The Kier molecular flexibility index (Phi) is 6.50. The van der Waals surface area contributed by atoms with Gasteiger partial charge in [-0.25, -0.2) is 0 Å². The second-order valence-corrected chi connectivity index (χ2v) is 9.42. The van der Waals surface area contributed by atoms with Crippen LogP contribution in [0, 0.1) is 6.92 Å². The minimum Gasteiger partial charge on any atom is -0.382 e. The third-order valence-electron chi connectivity index (χ3n) is 7.10. The second kappa shape index (κ2) is 9.85. The molecule has 0 aliphatic heterocycles. The van der Waals surface area contributed by atoms with Gasteiger partial charge in [-0.05, 0) is 86.6 Å². The lowest BCUT2D eigenvalue weighted by Crippen LogP contribution is -2.38. The third-order valence-corrected chi connectivity index (χ3v) is 7.10. The van der Waals surface area contributed by atoms with Crippen LogP contribution >= 0.6 is 0 Å². The first-order valence-corrected chi connectivity index (χ1v) is 12.3. The van der Waals surface area contributed by atoms with Gasteiger partial charge in [-0.15, -0.1) is 0 Å². The van der Waals surface area contributed by atoms with Gasteiger partial charge in [0, 0.05) is 47.1 Å². The summed E-state index contributed by atoms with van der Waals surface area (Å²) >= 11 is 0. The van der Waals surface area contributed by atoms with Crippen LogP contribution in [-0.2, 0) is 13.0 Å². The molecule has 6 heteroatoms. The molecule has 5 rings (SSSR count). The Balaban J connectivity index is 1.22. The fourth-order valence-corrected chi connectivity index (χ4v) is 5.11. The normalized spacial score (nSPS) is 18.3. The number of anilines is 1. The van der Waals surface area contributed by atoms with Gasteiger partial charge in [0.1, 0.15) is 0 Å². The van der Waals surface area contributed by atoms with Crippen molar-refractivity contribution in [3.8, 4) is 5.69 Å². The van der Waals surface area contributed by atoms with Crippen molar-refractivity contribution in [2.24, 2.45) is 0 Å². The van der Waals surface area contributed by atoms with E-state index in [-0.39, 0.29) is 5.56 Å². The molecule has 0 radical (unpaired) electrons. The van der Waals surface area contributed by atoms with E-state index in [4.69, 9.17) is 0 Å². The molecule has 4 aromatic rings. The van der Waals surface area contributed by atoms with Gasteiger partial charge in [0.25, 0.3) is 5.56 Å². The van der Waals surface area contributed by atoms with Crippen LogP contribution < -0.4 is 16.2 Å². The summed E-state index contributed by atoms with van der Waals surface area (Å²) in [7, 11) is 0. The van der Waals surface area contributed by atoms with Gasteiger partial charge in [0.15, 0.2) is 0 Å². The molecule has 2 atom stereocenters. The first kappa shape index (κ1) is 22.4. The molecule has 2 aromatic heterocycles. The summed E-state index contributed by atoms with van der Waals surface area (Å²) in [5.41, 5.74) is 6.36. The number of pyridine rings is 1. The lowest BCUT2D eigenvalue weighted by Gasteiger charge is -2.31. The minimum absolute atomic E-state index is 0.0688. The van der Waals surface area contributed by atoms with Crippen molar-refractivity contribution in [1.82, 2.24) is 20.1 Å². The number of aryl methyl sites for hydroxylation is 1. The quantitative estimate of drug-likeness (QED) is 0.363. The molecule has 0 spiro atoms. The Morgan fingerprint density at radius 1 is 1.12 bits per heavy atom. The highest BCUT2D eigenvalue weighted by molar-refractivity contribution is 5.81. The molecule has 1 aliphatic carbocycles. The van der Waals surface area contributed by atoms with Crippen molar-refractivity contribution in [3.05, 3.63) is 88.0 Å². The van der Waals surface area contributed by atoms with Crippen LogP contribution in [0.3, 0.4) is 0 Å². The third kappa shape index (κ3) is 4.77. The average Bonchev–Trinajstić information content (AvgIpc) is 3.33. The standard InChI is InChI=1S/C28H33N5O/c1-3-21-12-13-33(28(34)19(21)2)26-9-4-6-20(14-26)17-29-23-7-5-8-24(16-23)31-25-10-11-27-22(15-25)18-30-32-27/h4,6,9-15,18,23-24,29,31H,3,5,7-8,16-17H2,1-2H3,(H,30,32)/t23-,24+/m0/s1. The predicted molar refractivity (Wildman–Crippen MR) is 139 cm³/mol. The number of fused-ring (bicyclic) bond motifs is 1. The van der Waals surface area contributed by atoms with E-state index in [0.717, 1.165) is 52.8 Å². The molecular weight excluding hydrogens is 422 g/mol. The molecule has 0 unspecified atom stereocenters. The Hall–Kier alpha value is -3.38. The van der Waals surface area contributed by atoms with Crippen molar-refractivity contribution in [3.63, 3.8) is 0 Å². The number of nitrogens with one attached hydrogen (secondary N) is 3. The van der Waals surface area contributed by atoms with E-state index in [1.54, 1.807) is 4.57 Å². The lowest BCUT2D eigenvalue weighted by atomic mass is 9.90. The molecular formula is C28H33N5O. The van der Waals surface area contributed by atoms with Gasteiger partial charge < -0.3 is 10.6 Å². The van der Waals surface area contributed by atoms with Crippen LogP contribution in [0.2, 0.25) is 0 Å². The van der Waals surface area contributed by atoms with E-state index in [1.165, 1.54) is 24.8 Å². The summed E-state index contributed by atoms with van der Waals surface area (Å²) < 4.78 is 1.76. The highest BCUT2D eigenvalue weighted by Crippen LogP contribution is 2.24. The summed E-state index contributed by atoms with van der Waals surface area (Å²) in [6.07, 6.45) is 9.33. The molecule has 1 aliphatic rings. The SMILES string of the molecule is CCc1ccn(-c2cccc(CN[C@H]3CCC[C@@H](Nc4ccc5[nH]ncc5c4)C3)c2)c(=O)c1C. The molecule has 2 heterocycles. The number of benzene rings is 2. The van der Waals surface area contributed by atoms with E-state index in [0.29, 0.717) is 12.1 Å². The number of H-pyrrole nitrogens is 1. The van der Waals surface area contributed by atoms with Crippen molar-refractivity contribution in [2.75, 3.05) is 5.32 Å². The summed E-state index contributed by atoms with van der Waals surface area (Å²) in [6, 6.07) is 17.7. The number of nitrogens with zero attached hydrogens (tertiary/aromatic N) is 2. The molecule has 34 heavy (non-hydrogen) atoms. The number of aromatic nitrogens is 3. The molecule has 3 N–H and O–H groups in total. The van der Waals surface area contributed by atoms with Gasteiger partial charge >= 0.3 is 0 Å². The first-order valence-electron chi connectivity index (χ1n) is 12.3. The van der Waals surface area contributed by atoms with E-state index < -0.39 is 0 Å². The van der Waals surface area contributed by atoms with Gasteiger partial charge in [-0.2, -0.15) is 5.10 Å². The van der Waals surface area contributed by atoms with E-state index >= 15 is 0 Å². The van der Waals surface area contributed by atoms with Crippen LogP contribution in [0.15, 0.2) is 65.7 Å². The highest BCUT2D eigenvalue weighted by atomic mass is 16.1. The van der Waals surface area contributed by atoms with Crippen LogP contribution in [0.5, 0.6) is 0 Å². The number of aromatic amines is 1. The van der Waals surface area contributed by atoms with Crippen molar-refractivity contribution >= 4 is 16.6 Å². The largest absolute Gasteiger partial charge is 0.382 e. The molecule has 1 saturated carbocycles. The maximum atomic E-state index is 12.8.